The summed E-state index contributed by atoms with van der Waals surface area (Å²) in [4.78, 5) is 19.8. The fourth-order valence-electron chi connectivity index (χ4n) is 3.07. The van der Waals surface area contributed by atoms with E-state index < -0.39 is 4.92 Å². The molecule has 2 heterocycles. The summed E-state index contributed by atoms with van der Waals surface area (Å²) in [5, 5.41) is 11.4. The van der Waals surface area contributed by atoms with Gasteiger partial charge in [-0.25, -0.2) is 4.98 Å². The molecule has 3 aromatic carbocycles. The van der Waals surface area contributed by atoms with Crippen LogP contribution in [0, 0.1) is 10.1 Å². The number of oxazole rings is 1. The molecule has 1 aliphatic heterocycles. The zero-order valence-electron chi connectivity index (χ0n) is 14.9. The molecule has 0 unspecified atom stereocenters. The Bertz CT molecular complexity index is 1250. The molecule has 0 radical (unpaired) electrons. The van der Waals surface area contributed by atoms with Crippen LogP contribution >= 0.6 is 0 Å². The van der Waals surface area contributed by atoms with Gasteiger partial charge in [-0.2, -0.15) is 0 Å². The van der Waals surface area contributed by atoms with Gasteiger partial charge in [-0.15, -0.1) is 0 Å². The Hall–Kier alpha value is -4.20. The number of benzene rings is 3. The summed E-state index contributed by atoms with van der Waals surface area (Å²) in [6, 6.07) is 17.7. The number of para-hydroxylation sites is 2. The number of ether oxygens (including phenoxy) is 2. The molecule has 0 N–H and O–H groups in total. The highest BCUT2D eigenvalue weighted by atomic mass is 16.7. The third-order valence-electron chi connectivity index (χ3n) is 4.46. The fraction of sp³-hybridized carbons (Fsp3) is 0.0476. The number of nitro groups is 1. The SMILES string of the molecule is O=[N+]([O-])c1cc2c(cc1C=Nc1cccc(-c3nc4ccccc4o3)c1)OCO2. The second-order valence-electron chi connectivity index (χ2n) is 6.32. The molecular formula is C21H13N3O5. The number of hydrogen-bond donors (Lipinski definition) is 0. The summed E-state index contributed by atoms with van der Waals surface area (Å²) >= 11 is 0. The summed E-state index contributed by atoms with van der Waals surface area (Å²) in [6.45, 7) is 0.0413. The lowest BCUT2D eigenvalue weighted by atomic mass is 10.1. The monoisotopic (exact) mass is 387 g/mol. The Morgan fingerprint density at radius 3 is 2.69 bits per heavy atom. The van der Waals surface area contributed by atoms with E-state index in [0.717, 1.165) is 11.1 Å². The van der Waals surface area contributed by atoms with E-state index in [2.05, 4.69) is 9.98 Å². The van der Waals surface area contributed by atoms with E-state index in [9.17, 15) is 10.1 Å². The predicted octanol–water partition coefficient (Wildman–Crippen LogP) is 4.88. The zero-order valence-corrected chi connectivity index (χ0v) is 14.9. The second-order valence-corrected chi connectivity index (χ2v) is 6.32. The molecule has 8 heteroatoms. The first-order valence-electron chi connectivity index (χ1n) is 8.75. The van der Waals surface area contributed by atoms with Crippen molar-refractivity contribution in [2.45, 2.75) is 0 Å². The zero-order chi connectivity index (χ0) is 19.8. The summed E-state index contributed by atoms with van der Waals surface area (Å²) in [5.74, 6) is 1.29. The molecule has 0 saturated heterocycles. The molecule has 0 bridgehead atoms. The van der Waals surface area contributed by atoms with E-state index in [1.807, 2.05) is 36.4 Å². The number of rotatable bonds is 4. The van der Waals surface area contributed by atoms with Crippen molar-refractivity contribution < 1.29 is 18.8 Å². The van der Waals surface area contributed by atoms with Gasteiger partial charge in [-0.1, -0.05) is 18.2 Å². The smallest absolute Gasteiger partial charge is 0.282 e. The third kappa shape index (κ3) is 3.16. The molecule has 0 atom stereocenters. The summed E-state index contributed by atoms with van der Waals surface area (Å²) in [6.07, 6.45) is 1.44. The Morgan fingerprint density at radius 1 is 1.03 bits per heavy atom. The van der Waals surface area contributed by atoms with Crippen molar-refractivity contribution >= 4 is 28.7 Å². The van der Waals surface area contributed by atoms with Crippen molar-refractivity contribution in [2.24, 2.45) is 4.99 Å². The Labute approximate surface area is 164 Å². The molecule has 0 aliphatic carbocycles. The molecule has 0 fully saturated rings. The Morgan fingerprint density at radius 2 is 1.86 bits per heavy atom. The topological polar surface area (TPSA) is 100.0 Å². The fourth-order valence-corrected chi connectivity index (χ4v) is 3.07. The van der Waals surface area contributed by atoms with Crippen LogP contribution in [-0.4, -0.2) is 22.9 Å². The van der Waals surface area contributed by atoms with Gasteiger partial charge in [0.25, 0.3) is 5.69 Å². The van der Waals surface area contributed by atoms with E-state index in [-0.39, 0.29) is 12.5 Å². The highest BCUT2D eigenvalue weighted by molar-refractivity contribution is 5.89. The van der Waals surface area contributed by atoms with Gasteiger partial charge in [0.1, 0.15) is 5.52 Å². The average molecular weight is 387 g/mol. The summed E-state index contributed by atoms with van der Waals surface area (Å²) in [5.41, 5.74) is 3.06. The van der Waals surface area contributed by atoms with Crippen molar-refractivity contribution in [2.75, 3.05) is 6.79 Å². The van der Waals surface area contributed by atoms with Crippen LogP contribution in [0.25, 0.3) is 22.6 Å². The van der Waals surface area contributed by atoms with E-state index in [1.54, 1.807) is 18.2 Å². The second kappa shape index (κ2) is 6.75. The number of hydrogen-bond acceptors (Lipinski definition) is 7. The first kappa shape index (κ1) is 16.9. The van der Waals surface area contributed by atoms with Gasteiger partial charge in [-0.05, 0) is 36.4 Å². The van der Waals surface area contributed by atoms with Crippen molar-refractivity contribution in [3.63, 3.8) is 0 Å². The summed E-state index contributed by atoms with van der Waals surface area (Å²) < 4.78 is 16.3. The van der Waals surface area contributed by atoms with Gasteiger partial charge in [0, 0.05) is 11.8 Å². The largest absolute Gasteiger partial charge is 0.454 e. The molecule has 0 spiro atoms. The van der Waals surface area contributed by atoms with Crippen LogP contribution in [0.1, 0.15) is 5.56 Å². The minimum atomic E-state index is -0.474. The highest BCUT2D eigenvalue weighted by Crippen LogP contribution is 2.37. The third-order valence-corrected chi connectivity index (χ3v) is 4.46. The molecule has 4 aromatic rings. The number of nitrogens with zero attached hydrogens (tertiary/aromatic N) is 3. The quantitative estimate of drug-likeness (QED) is 0.281. The van der Waals surface area contributed by atoms with Crippen LogP contribution in [0.5, 0.6) is 11.5 Å². The molecule has 142 valence electrons. The van der Waals surface area contributed by atoms with Crippen LogP contribution in [0.15, 0.2) is 70.1 Å². The Balaban J connectivity index is 1.49. The van der Waals surface area contributed by atoms with Crippen molar-refractivity contribution in [1.29, 1.82) is 0 Å². The van der Waals surface area contributed by atoms with Gasteiger partial charge >= 0.3 is 0 Å². The van der Waals surface area contributed by atoms with Crippen molar-refractivity contribution in [3.8, 4) is 23.0 Å². The molecular weight excluding hydrogens is 374 g/mol. The number of fused-ring (bicyclic) bond motifs is 2. The molecule has 8 nitrogen and oxygen atoms in total. The first-order chi connectivity index (χ1) is 14.2. The molecule has 0 saturated carbocycles. The maximum Gasteiger partial charge on any atom is 0.282 e. The maximum absolute atomic E-state index is 11.4. The average Bonchev–Trinajstić information content (AvgIpc) is 3.38. The molecule has 1 aliphatic rings. The normalized spacial score (nSPS) is 12.7. The standard InChI is InChI=1S/C21H13N3O5/c25-24(26)17-10-20-19(27-12-28-20)9-14(17)11-22-15-5-3-4-13(8-15)21-23-16-6-1-2-7-18(16)29-21/h1-11H,12H2. The summed E-state index contributed by atoms with van der Waals surface area (Å²) in [7, 11) is 0. The van der Waals surface area contributed by atoms with Gasteiger partial charge in [0.2, 0.25) is 12.7 Å². The van der Waals surface area contributed by atoms with Crippen LogP contribution in [0.2, 0.25) is 0 Å². The number of nitro benzene ring substituents is 1. The molecule has 0 amide bonds. The van der Waals surface area contributed by atoms with Crippen molar-refractivity contribution in [3.05, 3.63) is 76.3 Å². The highest BCUT2D eigenvalue weighted by Gasteiger charge is 2.22. The van der Waals surface area contributed by atoms with Gasteiger partial charge in [-0.3, -0.25) is 15.1 Å². The van der Waals surface area contributed by atoms with Crippen LogP contribution in [-0.2, 0) is 0 Å². The van der Waals surface area contributed by atoms with Gasteiger partial charge in [0.05, 0.1) is 22.2 Å². The lowest BCUT2D eigenvalue weighted by Gasteiger charge is -2.01. The van der Waals surface area contributed by atoms with Crippen molar-refractivity contribution in [1.82, 2.24) is 4.98 Å². The first-order valence-corrected chi connectivity index (χ1v) is 8.75. The van der Waals surface area contributed by atoms with E-state index >= 15 is 0 Å². The molecule has 5 rings (SSSR count). The Kier molecular flexibility index (Phi) is 3.94. The van der Waals surface area contributed by atoms with Crippen LogP contribution in [0.3, 0.4) is 0 Å². The lowest BCUT2D eigenvalue weighted by Crippen LogP contribution is -1.94. The van der Waals surface area contributed by atoms with E-state index in [1.165, 1.54) is 12.3 Å². The minimum absolute atomic E-state index is 0.0413. The van der Waals surface area contributed by atoms with E-state index in [4.69, 9.17) is 13.9 Å². The molecule has 29 heavy (non-hydrogen) atoms. The van der Waals surface area contributed by atoms with Crippen LogP contribution < -0.4 is 9.47 Å². The van der Waals surface area contributed by atoms with Crippen LogP contribution in [0.4, 0.5) is 11.4 Å². The maximum atomic E-state index is 11.4. The predicted molar refractivity (Wildman–Crippen MR) is 106 cm³/mol. The lowest BCUT2D eigenvalue weighted by molar-refractivity contribution is -0.385. The van der Waals surface area contributed by atoms with Gasteiger partial charge < -0.3 is 13.9 Å². The minimum Gasteiger partial charge on any atom is -0.454 e. The molecule has 1 aromatic heterocycles. The van der Waals surface area contributed by atoms with Gasteiger partial charge in [0.15, 0.2) is 17.1 Å². The number of aliphatic imine (C=N–C) groups is 1. The number of aromatic nitrogens is 1. The van der Waals surface area contributed by atoms with E-state index in [0.29, 0.717) is 34.2 Å².